The first-order valence-electron chi connectivity index (χ1n) is 4.40. The zero-order chi connectivity index (χ0) is 9.84. The molecule has 0 saturated heterocycles. The van der Waals surface area contributed by atoms with Crippen molar-refractivity contribution in [3.05, 3.63) is 34.4 Å². The van der Waals surface area contributed by atoms with Gasteiger partial charge < -0.3 is 0 Å². The monoisotopic (exact) mass is 216 g/mol. The second-order valence-corrected chi connectivity index (χ2v) is 3.94. The average molecular weight is 217 g/mol. The minimum Gasteiger partial charge on any atom is -0.126 e. The molecule has 0 aliphatic carbocycles. The minimum absolute atomic E-state index is 0.582. The van der Waals surface area contributed by atoms with Gasteiger partial charge in [-0.25, -0.2) is 0 Å². The summed E-state index contributed by atoms with van der Waals surface area (Å²) in [6, 6.07) is 4.34. The topological polar surface area (TPSA) is 0 Å². The van der Waals surface area contributed by atoms with Crippen LogP contribution in [0.1, 0.15) is 22.3 Å². The van der Waals surface area contributed by atoms with Crippen molar-refractivity contribution in [2.75, 3.05) is 5.88 Å². The van der Waals surface area contributed by atoms with E-state index in [-0.39, 0.29) is 0 Å². The van der Waals surface area contributed by atoms with Crippen LogP contribution in [0.2, 0.25) is 0 Å². The van der Waals surface area contributed by atoms with Crippen LogP contribution in [0, 0.1) is 13.8 Å². The van der Waals surface area contributed by atoms with E-state index in [9.17, 15) is 0 Å². The van der Waals surface area contributed by atoms with Crippen molar-refractivity contribution in [2.45, 2.75) is 26.1 Å². The highest BCUT2D eigenvalue weighted by Gasteiger charge is 2.05. The summed E-state index contributed by atoms with van der Waals surface area (Å²) in [6.07, 6.45) is 0.909. The van der Waals surface area contributed by atoms with Gasteiger partial charge in [0.15, 0.2) is 0 Å². The van der Waals surface area contributed by atoms with Crippen molar-refractivity contribution in [2.24, 2.45) is 0 Å². The number of hydrogen-bond donors (Lipinski definition) is 0. The number of rotatable bonds is 3. The Morgan fingerprint density at radius 2 is 1.85 bits per heavy atom. The van der Waals surface area contributed by atoms with E-state index in [1.807, 2.05) is 0 Å². The van der Waals surface area contributed by atoms with Crippen LogP contribution in [0.15, 0.2) is 12.1 Å². The highest BCUT2D eigenvalue weighted by molar-refractivity contribution is 6.18. The number of aryl methyl sites for hydroxylation is 3. The van der Waals surface area contributed by atoms with Crippen LogP contribution in [0.5, 0.6) is 0 Å². The van der Waals surface area contributed by atoms with Gasteiger partial charge in [-0.05, 0) is 37.0 Å². The second-order valence-electron chi connectivity index (χ2n) is 3.29. The molecule has 0 nitrogen and oxygen atoms in total. The molecule has 1 rings (SSSR count). The molecule has 1 aromatic rings. The lowest BCUT2D eigenvalue weighted by atomic mass is 9.98. The molecule has 0 N–H and O–H groups in total. The van der Waals surface area contributed by atoms with Crippen molar-refractivity contribution in [3.63, 3.8) is 0 Å². The summed E-state index contributed by atoms with van der Waals surface area (Å²) in [7, 11) is 0. The van der Waals surface area contributed by atoms with Crippen LogP contribution in [0.3, 0.4) is 0 Å². The quantitative estimate of drug-likeness (QED) is 0.675. The van der Waals surface area contributed by atoms with Crippen LogP contribution >= 0.6 is 23.2 Å². The predicted molar refractivity (Wildman–Crippen MR) is 59.9 cm³/mol. The van der Waals surface area contributed by atoms with E-state index in [0.29, 0.717) is 11.8 Å². The lowest BCUT2D eigenvalue weighted by Crippen LogP contribution is -1.97. The first-order valence-corrected chi connectivity index (χ1v) is 5.47. The fourth-order valence-electron chi connectivity index (χ4n) is 1.60. The lowest BCUT2D eigenvalue weighted by Gasteiger charge is -2.10. The van der Waals surface area contributed by atoms with E-state index >= 15 is 0 Å². The molecule has 0 unspecified atom stereocenters. The van der Waals surface area contributed by atoms with Crippen molar-refractivity contribution in [1.29, 1.82) is 0 Å². The number of hydrogen-bond acceptors (Lipinski definition) is 0. The van der Waals surface area contributed by atoms with Crippen molar-refractivity contribution in [3.8, 4) is 0 Å². The first kappa shape index (κ1) is 10.9. The average Bonchev–Trinajstić information content (AvgIpc) is 2.04. The molecular formula is C11H14Cl2. The molecule has 0 saturated carbocycles. The summed E-state index contributed by atoms with van der Waals surface area (Å²) in [5, 5.41) is 0. The van der Waals surface area contributed by atoms with E-state index in [4.69, 9.17) is 23.2 Å². The zero-order valence-electron chi connectivity index (χ0n) is 8.03. The maximum Gasteiger partial charge on any atom is 0.0479 e. The van der Waals surface area contributed by atoms with Gasteiger partial charge in [0, 0.05) is 11.8 Å². The molecule has 0 atom stereocenters. The van der Waals surface area contributed by atoms with Crippen LogP contribution < -0.4 is 0 Å². The van der Waals surface area contributed by atoms with Crippen LogP contribution in [0.25, 0.3) is 0 Å². The van der Waals surface area contributed by atoms with Crippen molar-refractivity contribution in [1.82, 2.24) is 0 Å². The Morgan fingerprint density at radius 3 is 2.38 bits per heavy atom. The molecule has 72 valence electrons. The Hall–Kier alpha value is -0.200. The van der Waals surface area contributed by atoms with Gasteiger partial charge in [-0.1, -0.05) is 17.7 Å². The van der Waals surface area contributed by atoms with Gasteiger partial charge in [0.2, 0.25) is 0 Å². The summed E-state index contributed by atoms with van der Waals surface area (Å²) in [4.78, 5) is 0. The molecule has 0 heterocycles. The van der Waals surface area contributed by atoms with Crippen molar-refractivity contribution < 1.29 is 0 Å². The molecule has 0 aromatic heterocycles. The molecule has 0 aliphatic heterocycles. The lowest BCUT2D eigenvalue weighted by molar-refractivity contribution is 1.08. The number of benzene rings is 1. The number of alkyl halides is 2. The van der Waals surface area contributed by atoms with E-state index in [0.717, 1.165) is 6.42 Å². The van der Waals surface area contributed by atoms with Crippen LogP contribution in [-0.2, 0) is 12.3 Å². The van der Waals surface area contributed by atoms with Gasteiger partial charge >= 0.3 is 0 Å². The maximum absolute atomic E-state index is 5.88. The van der Waals surface area contributed by atoms with Crippen LogP contribution in [0.4, 0.5) is 0 Å². The number of halogens is 2. The molecule has 0 aliphatic rings. The standard InChI is InChI=1S/C11H14Cl2/c1-8-5-9(2)11(7-13)10(6-8)3-4-12/h5-6H,3-4,7H2,1-2H3. The Bertz CT molecular complexity index is 292. The van der Waals surface area contributed by atoms with Crippen LogP contribution in [-0.4, -0.2) is 5.88 Å². The third-order valence-electron chi connectivity index (χ3n) is 2.21. The van der Waals surface area contributed by atoms with E-state index in [1.165, 1.54) is 22.3 Å². The van der Waals surface area contributed by atoms with Gasteiger partial charge in [-0.15, -0.1) is 23.2 Å². The third kappa shape index (κ3) is 2.62. The highest BCUT2D eigenvalue weighted by Crippen LogP contribution is 2.19. The van der Waals surface area contributed by atoms with E-state index in [2.05, 4.69) is 26.0 Å². The first-order chi connectivity index (χ1) is 6.19. The van der Waals surface area contributed by atoms with Crippen molar-refractivity contribution >= 4 is 23.2 Å². The molecule has 0 bridgehead atoms. The molecule has 2 heteroatoms. The van der Waals surface area contributed by atoms with Gasteiger partial charge in [-0.2, -0.15) is 0 Å². The molecule has 1 aromatic carbocycles. The smallest absolute Gasteiger partial charge is 0.0479 e. The summed E-state index contributed by atoms with van der Waals surface area (Å²) in [5.41, 5.74) is 5.09. The molecule has 0 fully saturated rings. The van der Waals surface area contributed by atoms with Gasteiger partial charge in [0.25, 0.3) is 0 Å². The molecule has 0 amide bonds. The summed E-state index contributed by atoms with van der Waals surface area (Å²) in [5.74, 6) is 1.24. The van der Waals surface area contributed by atoms with E-state index in [1.54, 1.807) is 0 Å². The minimum atomic E-state index is 0.582. The SMILES string of the molecule is Cc1cc(C)c(CCl)c(CCCl)c1. The molecule has 13 heavy (non-hydrogen) atoms. The third-order valence-corrected chi connectivity index (χ3v) is 2.66. The Balaban J connectivity index is 3.13. The van der Waals surface area contributed by atoms with E-state index < -0.39 is 0 Å². The molecule has 0 radical (unpaired) electrons. The Kier molecular flexibility index (Phi) is 4.08. The summed E-state index contributed by atoms with van der Waals surface area (Å²) < 4.78 is 0. The normalized spacial score (nSPS) is 10.5. The maximum atomic E-state index is 5.88. The fraction of sp³-hybridized carbons (Fsp3) is 0.455. The summed E-state index contributed by atoms with van der Waals surface area (Å²) in [6.45, 7) is 4.20. The largest absolute Gasteiger partial charge is 0.126 e. The molecular weight excluding hydrogens is 203 g/mol. The van der Waals surface area contributed by atoms with Gasteiger partial charge in [0.1, 0.15) is 0 Å². The predicted octanol–water partition coefficient (Wildman–Crippen LogP) is 3.82. The highest BCUT2D eigenvalue weighted by atomic mass is 35.5. The summed E-state index contributed by atoms with van der Waals surface area (Å²) >= 11 is 11.6. The second kappa shape index (κ2) is 4.88. The van der Waals surface area contributed by atoms with Gasteiger partial charge in [-0.3, -0.25) is 0 Å². The fourth-order valence-corrected chi connectivity index (χ4v) is 2.19. The van der Waals surface area contributed by atoms with Gasteiger partial charge in [0.05, 0.1) is 0 Å². The Morgan fingerprint density at radius 1 is 1.15 bits per heavy atom. The molecule has 0 spiro atoms. The zero-order valence-corrected chi connectivity index (χ0v) is 9.54. The Labute approximate surface area is 89.9 Å².